The molecular formula is C20H33IN4. The van der Waals surface area contributed by atoms with Crippen LogP contribution in [0.3, 0.4) is 0 Å². The number of hydrogen-bond donors (Lipinski definition) is 1. The summed E-state index contributed by atoms with van der Waals surface area (Å²) in [4.78, 5) is 9.56. The third kappa shape index (κ3) is 6.44. The number of halogens is 1. The van der Waals surface area contributed by atoms with E-state index < -0.39 is 0 Å². The molecule has 2 heterocycles. The lowest BCUT2D eigenvalue weighted by atomic mass is 10.0. The molecule has 3 rings (SSSR count). The molecule has 0 bridgehead atoms. The largest absolute Gasteiger partial charge is 0.370 e. The molecule has 1 aromatic carbocycles. The number of nitrogens with zero attached hydrogens (tertiary/aromatic N) is 3. The summed E-state index contributed by atoms with van der Waals surface area (Å²) in [5.74, 6) is 2.18. The summed E-state index contributed by atoms with van der Waals surface area (Å²) in [6.07, 6.45) is 4.96. The Bertz CT molecular complexity index is 534. The lowest BCUT2D eigenvalue weighted by Gasteiger charge is -2.31. The summed E-state index contributed by atoms with van der Waals surface area (Å²) in [7, 11) is 0. The Morgan fingerprint density at radius 3 is 2.72 bits per heavy atom. The van der Waals surface area contributed by atoms with Crippen LogP contribution in [0.4, 0.5) is 0 Å². The molecule has 2 fully saturated rings. The number of rotatable bonds is 5. The van der Waals surface area contributed by atoms with Crippen LogP contribution in [0.15, 0.2) is 35.3 Å². The van der Waals surface area contributed by atoms with E-state index in [2.05, 4.69) is 47.1 Å². The summed E-state index contributed by atoms with van der Waals surface area (Å²) in [6.45, 7) is 8.87. The second-order valence-corrected chi connectivity index (χ2v) is 7.58. The lowest BCUT2D eigenvalue weighted by molar-refractivity contribution is 0.269. The van der Waals surface area contributed by atoms with E-state index >= 15 is 0 Å². The van der Waals surface area contributed by atoms with Gasteiger partial charge in [0.05, 0.1) is 0 Å². The van der Waals surface area contributed by atoms with Gasteiger partial charge in [0, 0.05) is 32.7 Å². The average molecular weight is 456 g/mol. The van der Waals surface area contributed by atoms with E-state index in [0.29, 0.717) is 5.92 Å². The Labute approximate surface area is 169 Å². The molecule has 0 spiro atoms. The Morgan fingerprint density at radius 1 is 1.16 bits per heavy atom. The van der Waals surface area contributed by atoms with Crippen molar-refractivity contribution in [2.45, 2.75) is 32.6 Å². The molecule has 25 heavy (non-hydrogen) atoms. The van der Waals surface area contributed by atoms with Gasteiger partial charge in [0.15, 0.2) is 5.96 Å². The van der Waals surface area contributed by atoms with Crippen LogP contribution in [0.2, 0.25) is 0 Å². The first kappa shape index (κ1) is 20.5. The summed E-state index contributed by atoms with van der Waals surface area (Å²) >= 11 is 0. The van der Waals surface area contributed by atoms with Crippen LogP contribution in [0, 0.1) is 11.8 Å². The minimum absolute atomic E-state index is 0. The van der Waals surface area contributed by atoms with Gasteiger partial charge in [0.2, 0.25) is 0 Å². The number of piperidine rings is 1. The predicted octanol–water partition coefficient (Wildman–Crippen LogP) is 3.22. The first-order valence-corrected chi connectivity index (χ1v) is 9.52. The lowest BCUT2D eigenvalue weighted by Crippen LogP contribution is -2.43. The first-order valence-electron chi connectivity index (χ1n) is 9.52. The van der Waals surface area contributed by atoms with Crippen LogP contribution in [-0.4, -0.2) is 55.0 Å². The Balaban J connectivity index is 0.00000225. The van der Waals surface area contributed by atoms with Gasteiger partial charge in [-0.25, -0.2) is 0 Å². The number of aliphatic imine (C=N–C) groups is 1. The molecule has 5 heteroatoms. The normalized spacial score (nSPS) is 25.0. The highest BCUT2D eigenvalue weighted by Gasteiger charge is 2.23. The summed E-state index contributed by atoms with van der Waals surface area (Å²) in [5, 5.41) is 0. The maximum atomic E-state index is 6.22. The summed E-state index contributed by atoms with van der Waals surface area (Å²) < 4.78 is 0. The van der Waals surface area contributed by atoms with Gasteiger partial charge in [-0.2, -0.15) is 0 Å². The van der Waals surface area contributed by atoms with Gasteiger partial charge in [0.1, 0.15) is 0 Å². The first-order chi connectivity index (χ1) is 11.7. The van der Waals surface area contributed by atoms with Crippen LogP contribution >= 0.6 is 24.0 Å². The van der Waals surface area contributed by atoms with E-state index in [9.17, 15) is 0 Å². The van der Waals surface area contributed by atoms with Crippen molar-refractivity contribution in [1.29, 1.82) is 0 Å². The molecule has 0 radical (unpaired) electrons. The van der Waals surface area contributed by atoms with Crippen LogP contribution in [0.1, 0.15) is 31.7 Å². The van der Waals surface area contributed by atoms with E-state index in [1.54, 1.807) is 0 Å². The van der Waals surface area contributed by atoms with Gasteiger partial charge in [-0.15, -0.1) is 24.0 Å². The van der Waals surface area contributed by atoms with E-state index in [-0.39, 0.29) is 24.0 Å². The zero-order chi connectivity index (χ0) is 16.8. The fraction of sp³-hybridized carbons (Fsp3) is 0.650. The van der Waals surface area contributed by atoms with Crippen LogP contribution in [0.5, 0.6) is 0 Å². The molecule has 2 N–H and O–H groups in total. The van der Waals surface area contributed by atoms with E-state index in [0.717, 1.165) is 44.5 Å². The van der Waals surface area contributed by atoms with Crippen molar-refractivity contribution < 1.29 is 0 Å². The van der Waals surface area contributed by atoms with Crippen LogP contribution in [-0.2, 0) is 6.42 Å². The standard InChI is InChI=1S/C20H32N4.HI/c1-17-6-5-11-24(15-17)20(21)22-14-19-10-13-23(16-19)12-9-18-7-3-2-4-8-18;/h2-4,7-8,17,19H,5-6,9-16H2,1H3,(H2,21,22);1H. The molecule has 0 saturated carbocycles. The summed E-state index contributed by atoms with van der Waals surface area (Å²) in [5.41, 5.74) is 7.65. The number of benzene rings is 1. The average Bonchev–Trinajstić information content (AvgIpc) is 3.07. The molecule has 2 saturated heterocycles. The molecule has 0 aromatic heterocycles. The van der Waals surface area contributed by atoms with Crippen molar-refractivity contribution in [3.63, 3.8) is 0 Å². The zero-order valence-corrected chi connectivity index (χ0v) is 17.8. The molecule has 1 aromatic rings. The van der Waals surface area contributed by atoms with E-state index in [4.69, 9.17) is 10.7 Å². The molecular weight excluding hydrogens is 423 g/mol. The SMILES string of the molecule is CC1CCCN(C(N)=NCC2CCN(CCc3ccccc3)C2)C1.I. The van der Waals surface area contributed by atoms with E-state index in [1.807, 2.05) is 0 Å². The van der Waals surface area contributed by atoms with E-state index in [1.165, 1.54) is 37.9 Å². The Hall–Kier alpha value is -0.820. The highest BCUT2D eigenvalue weighted by Crippen LogP contribution is 2.18. The molecule has 2 atom stereocenters. The third-order valence-electron chi connectivity index (χ3n) is 5.42. The fourth-order valence-corrected chi connectivity index (χ4v) is 3.92. The minimum Gasteiger partial charge on any atom is -0.370 e. The van der Waals surface area contributed by atoms with Gasteiger partial charge in [-0.1, -0.05) is 37.3 Å². The number of hydrogen-bond acceptors (Lipinski definition) is 2. The fourth-order valence-electron chi connectivity index (χ4n) is 3.92. The Kier molecular flexibility index (Phi) is 8.49. The maximum Gasteiger partial charge on any atom is 0.191 e. The quantitative estimate of drug-likeness (QED) is 0.421. The van der Waals surface area contributed by atoms with Crippen molar-refractivity contribution in [3.8, 4) is 0 Å². The third-order valence-corrected chi connectivity index (χ3v) is 5.42. The highest BCUT2D eigenvalue weighted by atomic mass is 127. The Morgan fingerprint density at radius 2 is 1.96 bits per heavy atom. The second-order valence-electron chi connectivity index (χ2n) is 7.58. The number of nitrogens with two attached hydrogens (primary N) is 1. The molecule has 0 amide bonds. The van der Waals surface area contributed by atoms with Gasteiger partial charge in [-0.05, 0) is 49.6 Å². The van der Waals surface area contributed by atoms with Gasteiger partial charge < -0.3 is 15.5 Å². The van der Waals surface area contributed by atoms with Crippen LogP contribution < -0.4 is 5.73 Å². The van der Waals surface area contributed by atoms with Crippen LogP contribution in [0.25, 0.3) is 0 Å². The van der Waals surface area contributed by atoms with Gasteiger partial charge in [-0.3, -0.25) is 4.99 Å². The van der Waals surface area contributed by atoms with Crippen molar-refractivity contribution in [2.75, 3.05) is 39.3 Å². The minimum atomic E-state index is 0. The monoisotopic (exact) mass is 456 g/mol. The molecule has 0 aliphatic carbocycles. The predicted molar refractivity (Wildman–Crippen MR) is 117 cm³/mol. The highest BCUT2D eigenvalue weighted by molar-refractivity contribution is 14.0. The van der Waals surface area contributed by atoms with Crippen molar-refractivity contribution in [2.24, 2.45) is 22.6 Å². The molecule has 140 valence electrons. The molecule has 2 aliphatic heterocycles. The van der Waals surface area contributed by atoms with Crippen molar-refractivity contribution in [3.05, 3.63) is 35.9 Å². The molecule has 2 aliphatic rings. The van der Waals surface area contributed by atoms with Gasteiger partial charge >= 0.3 is 0 Å². The second kappa shape index (κ2) is 10.4. The zero-order valence-electron chi connectivity index (χ0n) is 15.4. The maximum absolute atomic E-state index is 6.22. The van der Waals surface area contributed by atoms with Crippen molar-refractivity contribution in [1.82, 2.24) is 9.80 Å². The number of likely N-dealkylation sites (tertiary alicyclic amines) is 2. The number of guanidine groups is 1. The van der Waals surface area contributed by atoms with Gasteiger partial charge in [0.25, 0.3) is 0 Å². The smallest absolute Gasteiger partial charge is 0.191 e. The topological polar surface area (TPSA) is 44.9 Å². The molecule has 2 unspecified atom stereocenters. The van der Waals surface area contributed by atoms with Crippen molar-refractivity contribution >= 4 is 29.9 Å². The summed E-state index contributed by atoms with van der Waals surface area (Å²) in [6, 6.07) is 10.8. The molecule has 4 nitrogen and oxygen atoms in total.